The van der Waals surface area contributed by atoms with Crippen LogP contribution in [0.5, 0.6) is 0 Å². The van der Waals surface area contributed by atoms with E-state index in [1.807, 2.05) is 7.05 Å². The molecular weight excluding hydrogens is 389 g/mol. The molecule has 22 heavy (non-hydrogen) atoms. The van der Waals surface area contributed by atoms with E-state index in [-0.39, 0.29) is 24.0 Å². The van der Waals surface area contributed by atoms with E-state index in [9.17, 15) is 0 Å². The lowest BCUT2D eigenvalue weighted by molar-refractivity contribution is 0.115. The van der Waals surface area contributed by atoms with E-state index in [4.69, 9.17) is 4.74 Å². The maximum absolute atomic E-state index is 5.70. The Balaban J connectivity index is 0.00000242. The molecule has 4 nitrogen and oxygen atoms in total. The Morgan fingerprint density at radius 1 is 1.14 bits per heavy atom. The van der Waals surface area contributed by atoms with Gasteiger partial charge in [-0.25, -0.2) is 0 Å². The second-order valence-electron chi connectivity index (χ2n) is 6.71. The highest BCUT2D eigenvalue weighted by molar-refractivity contribution is 14.0. The number of rotatable bonds is 8. The molecule has 0 aliphatic heterocycles. The Hall–Kier alpha value is -0.0400. The van der Waals surface area contributed by atoms with Crippen LogP contribution in [0.25, 0.3) is 0 Å². The largest absolute Gasteiger partial charge is 0.379 e. The second-order valence-corrected chi connectivity index (χ2v) is 6.71. The van der Waals surface area contributed by atoms with Crippen LogP contribution in [0.4, 0.5) is 0 Å². The fourth-order valence-corrected chi connectivity index (χ4v) is 3.09. The summed E-state index contributed by atoms with van der Waals surface area (Å²) in [4.78, 5) is 6.55. The Kier molecular flexibility index (Phi) is 10.4. The summed E-state index contributed by atoms with van der Waals surface area (Å²) in [7, 11) is 3.96. The first-order valence-corrected chi connectivity index (χ1v) is 8.79. The van der Waals surface area contributed by atoms with Crippen molar-refractivity contribution in [3.63, 3.8) is 0 Å². The number of nitrogens with zero attached hydrogens (tertiary/aromatic N) is 2. The molecule has 0 aromatic carbocycles. The van der Waals surface area contributed by atoms with E-state index < -0.39 is 0 Å². The van der Waals surface area contributed by atoms with Gasteiger partial charge in [0.2, 0.25) is 0 Å². The first-order valence-electron chi connectivity index (χ1n) is 8.79. The normalized spacial score (nSPS) is 19.6. The number of likely N-dealkylation sites (N-methyl/N-ethyl adjacent to an activating group) is 1. The van der Waals surface area contributed by atoms with Crippen LogP contribution >= 0.6 is 24.0 Å². The minimum atomic E-state index is 0. The van der Waals surface area contributed by atoms with Gasteiger partial charge in [0.05, 0.1) is 6.61 Å². The number of aliphatic imine (C=N–C) groups is 1. The summed E-state index contributed by atoms with van der Waals surface area (Å²) in [5.41, 5.74) is 0. The van der Waals surface area contributed by atoms with Crippen molar-refractivity contribution in [3.05, 3.63) is 0 Å². The highest BCUT2D eigenvalue weighted by atomic mass is 127. The number of ether oxygens (including phenoxy) is 1. The molecule has 1 N–H and O–H groups in total. The minimum Gasteiger partial charge on any atom is -0.379 e. The van der Waals surface area contributed by atoms with Gasteiger partial charge in [-0.15, -0.1) is 24.0 Å². The SMILES string of the molecule is CN=C(NCCC1CCCCC1)N(C)CCOCC1CC1.I. The van der Waals surface area contributed by atoms with Crippen molar-refractivity contribution in [1.82, 2.24) is 10.2 Å². The maximum Gasteiger partial charge on any atom is 0.193 e. The van der Waals surface area contributed by atoms with Gasteiger partial charge in [0, 0.05) is 33.8 Å². The fourth-order valence-electron chi connectivity index (χ4n) is 3.09. The molecule has 0 aromatic heterocycles. The topological polar surface area (TPSA) is 36.9 Å². The van der Waals surface area contributed by atoms with Crippen molar-refractivity contribution in [2.75, 3.05) is 40.4 Å². The molecule has 0 spiro atoms. The van der Waals surface area contributed by atoms with Crippen LogP contribution in [0.3, 0.4) is 0 Å². The summed E-state index contributed by atoms with van der Waals surface area (Å²) in [5.74, 6) is 2.78. The van der Waals surface area contributed by atoms with Crippen molar-refractivity contribution < 1.29 is 4.74 Å². The molecule has 0 heterocycles. The van der Waals surface area contributed by atoms with Crippen molar-refractivity contribution in [3.8, 4) is 0 Å². The standard InChI is InChI=1S/C17H33N3O.HI/c1-18-17(19-11-10-15-6-4-3-5-7-15)20(2)12-13-21-14-16-8-9-16;/h15-16H,3-14H2,1-2H3,(H,18,19);1H. The van der Waals surface area contributed by atoms with Gasteiger partial charge in [-0.2, -0.15) is 0 Å². The Morgan fingerprint density at radius 3 is 2.50 bits per heavy atom. The molecule has 2 saturated carbocycles. The van der Waals surface area contributed by atoms with E-state index in [2.05, 4.69) is 22.3 Å². The Labute approximate surface area is 153 Å². The van der Waals surface area contributed by atoms with Crippen LogP contribution < -0.4 is 5.32 Å². The Bertz CT molecular complexity index is 315. The second kappa shape index (κ2) is 11.5. The highest BCUT2D eigenvalue weighted by Gasteiger charge is 2.21. The predicted octanol–water partition coefficient (Wildman–Crippen LogP) is 3.51. The van der Waals surface area contributed by atoms with Crippen LogP contribution in [0.2, 0.25) is 0 Å². The molecule has 2 fully saturated rings. The van der Waals surface area contributed by atoms with E-state index in [0.29, 0.717) is 0 Å². The molecule has 0 amide bonds. The van der Waals surface area contributed by atoms with E-state index in [1.165, 1.54) is 51.4 Å². The number of nitrogens with one attached hydrogen (secondary N) is 1. The smallest absolute Gasteiger partial charge is 0.193 e. The molecule has 2 aliphatic carbocycles. The summed E-state index contributed by atoms with van der Waals surface area (Å²) in [6, 6.07) is 0. The monoisotopic (exact) mass is 423 g/mol. The zero-order valence-electron chi connectivity index (χ0n) is 14.4. The van der Waals surface area contributed by atoms with Gasteiger partial charge in [0.25, 0.3) is 0 Å². The molecule has 2 aliphatic rings. The summed E-state index contributed by atoms with van der Waals surface area (Å²) >= 11 is 0. The van der Waals surface area contributed by atoms with E-state index in [0.717, 1.165) is 44.1 Å². The van der Waals surface area contributed by atoms with E-state index >= 15 is 0 Å². The van der Waals surface area contributed by atoms with Crippen LogP contribution in [0.1, 0.15) is 51.4 Å². The van der Waals surface area contributed by atoms with Gasteiger partial charge in [-0.3, -0.25) is 4.99 Å². The van der Waals surface area contributed by atoms with Crippen molar-refractivity contribution in [1.29, 1.82) is 0 Å². The number of hydrogen-bond acceptors (Lipinski definition) is 2. The third kappa shape index (κ3) is 7.99. The van der Waals surface area contributed by atoms with Gasteiger partial charge in [-0.1, -0.05) is 32.1 Å². The Morgan fingerprint density at radius 2 is 1.86 bits per heavy atom. The lowest BCUT2D eigenvalue weighted by atomic mass is 9.87. The zero-order chi connectivity index (χ0) is 14.9. The minimum absolute atomic E-state index is 0. The van der Waals surface area contributed by atoms with Gasteiger partial charge in [0.15, 0.2) is 5.96 Å². The van der Waals surface area contributed by atoms with Crippen LogP contribution in [0.15, 0.2) is 4.99 Å². The molecule has 2 rings (SSSR count). The molecule has 0 aromatic rings. The number of guanidine groups is 1. The average molecular weight is 423 g/mol. The number of halogens is 1. The molecule has 0 radical (unpaired) electrons. The lowest BCUT2D eigenvalue weighted by Crippen LogP contribution is -2.41. The molecule has 5 heteroatoms. The summed E-state index contributed by atoms with van der Waals surface area (Å²) in [5, 5.41) is 3.50. The molecule has 0 saturated heterocycles. The van der Waals surface area contributed by atoms with E-state index in [1.54, 1.807) is 0 Å². The quantitative estimate of drug-likeness (QED) is 0.281. The van der Waals surface area contributed by atoms with Gasteiger partial charge in [-0.05, 0) is 31.1 Å². The first kappa shape index (κ1) is 20.0. The van der Waals surface area contributed by atoms with Gasteiger partial charge in [0.1, 0.15) is 0 Å². The maximum atomic E-state index is 5.70. The van der Waals surface area contributed by atoms with Gasteiger partial charge >= 0.3 is 0 Å². The predicted molar refractivity (Wildman–Crippen MR) is 104 cm³/mol. The number of hydrogen-bond donors (Lipinski definition) is 1. The summed E-state index contributed by atoms with van der Waals surface area (Å²) < 4.78 is 5.70. The van der Waals surface area contributed by atoms with Crippen molar-refractivity contribution in [2.24, 2.45) is 16.8 Å². The fraction of sp³-hybridized carbons (Fsp3) is 0.941. The first-order chi connectivity index (χ1) is 10.3. The van der Waals surface area contributed by atoms with Gasteiger partial charge < -0.3 is 15.0 Å². The van der Waals surface area contributed by atoms with Crippen molar-refractivity contribution >= 4 is 29.9 Å². The summed E-state index contributed by atoms with van der Waals surface area (Å²) in [6.07, 6.45) is 11.1. The molecule has 130 valence electrons. The molecule has 0 bridgehead atoms. The average Bonchev–Trinajstić information content (AvgIpc) is 3.33. The van der Waals surface area contributed by atoms with Crippen LogP contribution in [-0.2, 0) is 4.74 Å². The molecular formula is C17H34IN3O. The zero-order valence-corrected chi connectivity index (χ0v) is 16.7. The van der Waals surface area contributed by atoms with Crippen LogP contribution in [-0.4, -0.2) is 51.3 Å². The third-order valence-electron chi connectivity index (χ3n) is 4.76. The molecule has 0 unspecified atom stereocenters. The lowest BCUT2D eigenvalue weighted by Gasteiger charge is -2.25. The highest BCUT2D eigenvalue weighted by Crippen LogP contribution is 2.28. The third-order valence-corrected chi connectivity index (χ3v) is 4.76. The van der Waals surface area contributed by atoms with Crippen molar-refractivity contribution in [2.45, 2.75) is 51.4 Å². The molecule has 0 atom stereocenters. The van der Waals surface area contributed by atoms with Crippen LogP contribution in [0, 0.1) is 11.8 Å². The summed E-state index contributed by atoms with van der Waals surface area (Å²) in [6.45, 7) is 3.71.